The molecule has 0 radical (unpaired) electrons. The molecule has 1 unspecified atom stereocenters. The predicted molar refractivity (Wildman–Crippen MR) is 128 cm³/mol. The lowest BCUT2D eigenvalue weighted by molar-refractivity contribution is -0.629. The number of carbonyl (C=O) groups excluding carboxylic acids is 1. The second-order valence-corrected chi connectivity index (χ2v) is 10.1. The number of piperidine rings is 1. The largest absolute Gasteiger partial charge is 0.504 e. The first-order chi connectivity index (χ1) is 19.0. The summed E-state index contributed by atoms with van der Waals surface area (Å²) < 4.78 is 9.82. The third kappa shape index (κ3) is 3.64. The van der Waals surface area contributed by atoms with E-state index < -0.39 is 104 Å². The molecule has 1 atom stereocenters. The van der Waals surface area contributed by atoms with Gasteiger partial charge in [0.2, 0.25) is 11.5 Å². The molecule has 18 nitrogen and oxygen atoms in total. The molecule has 4 rings (SSSR count). The fourth-order valence-electron chi connectivity index (χ4n) is 5.49. The highest BCUT2D eigenvalue weighted by atomic mass is 16.7. The first-order valence-corrected chi connectivity index (χ1v) is 11.8. The average Bonchev–Trinajstić information content (AvgIpc) is 3.15. The Kier molecular flexibility index (Phi) is 6.91. The van der Waals surface area contributed by atoms with E-state index in [9.17, 15) is 76.3 Å². The number of aromatic hydroxyl groups is 2. The highest BCUT2D eigenvalue weighted by Gasteiger charge is 2.88. The van der Waals surface area contributed by atoms with Crippen LogP contribution in [0.3, 0.4) is 0 Å². The summed E-state index contributed by atoms with van der Waals surface area (Å²) in [5.74, 6) is -28.4. The molecule has 1 heterocycles. The summed E-state index contributed by atoms with van der Waals surface area (Å²) >= 11 is 0. The van der Waals surface area contributed by atoms with Gasteiger partial charge in [0.1, 0.15) is 5.60 Å². The molecule has 42 heavy (non-hydrogen) atoms. The van der Waals surface area contributed by atoms with Crippen molar-refractivity contribution in [3.05, 3.63) is 47.0 Å². The molecule has 0 bridgehead atoms. The van der Waals surface area contributed by atoms with Crippen molar-refractivity contribution >= 4 is 5.78 Å². The fraction of sp³-hybridized carbons (Fsp3) is 0.458. The number of hydrogen-bond donors (Lipinski definition) is 14. The monoisotopic (exact) mass is 603 g/mol. The Balaban J connectivity index is 1.89. The van der Waals surface area contributed by atoms with Crippen LogP contribution in [0.5, 0.6) is 23.0 Å². The van der Waals surface area contributed by atoms with Crippen LogP contribution in [0.15, 0.2) is 30.3 Å². The van der Waals surface area contributed by atoms with Gasteiger partial charge in [0.15, 0.2) is 22.9 Å². The molecular weight excluding hydrogens is 574 g/mol. The van der Waals surface area contributed by atoms with Gasteiger partial charge in [0.05, 0.1) is 19.8 Å². The minimum Gasteiger partial charge on any atom is -0.504 e. The summed E-state index contributed by atoms with van der Waals surface area (Å²) in [4.78, 5) is 12.1. The summed E-state index contributed by atoms with van der Waals surface area (Å²) in [5.41, 5.74) is -10.2. The van der Waals surface area contributed by atoms with Crippen LogP contribution >= 0.6 is 0 Å². The van der Waals surface area contributed by atoms with Gasteiger partial charge in [-0.15, -0.1) is 4.90 Å². The van der Waals surface area contributed by atoms with Gasteiger partial charge in [0.25, 0.3) is 29.3 Å². The zero-order chi connectivity index (χ0) is 32.1. The number of phenols is 2. The molecule has 0 amide bonds. The van der Waals surface area contributed by atoms with Crippen molar-refractivity contribution in [1.82, 2.24) is 4.90 Å². The number of likely N-dealkylation sites (tertiary alicyclic amines) is 1. The number of rotatable bonds is 6. The minimum absolute atomic E-state index is 0.534. The van der Waals surface area contributed by atoms with E-state index in [4.69, 9.17) is 9.47 Å². The molecule has 0 saturated carbocycles. The van der Waals surface area contributed by atoms with Crippen LogP contribution in [-0.4, -0.2) is 131 Å². The van der Waals surface area contributed by atoms with E-state index in [2.05, 4.69) is 0 Å². The van der Waals surface area contributed by atoms with E-state index in [1.165, 1.54) is 6.07 Å². The van der Waals surface area contributed by atoms with Crippen LogP contribution in [-0.2, 0) is 12.3 Å². The maximum absolute atomic E-state index is 13.3. The summed E-state index contributed by atoms with van der Waals surface area (Å²) in [5, 5.41) is 152. The van der Waals surface area contributed by atoms with Crippen molar-refractivity contribution < 1.29 is 85.8 Å². The molecule has 0 aromatic heterocycles. The van der Waals surface area contributed by atoms with Gasteiger partial charge in [0, 0.05) is 24.0 Å². The first-order valence-electron chi connectivity index (χ1n) is 11.8. The molecule has 2 aromatic rings. The standard InChI is InChI=1S/C24H29NO17/c1-41-15-13(26)11-8-18(29,17(28)12(11)14(27)16(15)42-2)9-19(30)21(33,34)23(37,38)25(24(39,40)22(19,35)36)20(31,32)10-6-4-3-5-7-10/h3-7,26-27,29-40H,8-9H2,1-2H3. The number of nitrogens with zero attached hydrogens (tertiary/aromatic N) is 1. The highest BCUT2D eigenvalue weighted by molar-refractivity contribution is 6.10. The molecule has 1 fully saturated rings. The lowest BCUT2D eigenvalue weighted by Crippen LogP contribution is -2.95. The van der Waals surface area contributed by atoms with E-state index in [0.29, 0.717) is 0 Å². The molecule has 2 aromatic carbocycles. The lowest BCUT2D eigenvalue weighted by Gasteiger charge is -2.65. The molecule has 2 aliphatic rings. The van der Waals surface area contributed by atoms with Gasteiger partial charge in [-0.2, -0.15) is 0 Å². The normalized spacial score (nSPS) is 25.6. The van der Waals surface area contributed by atoms with Crippen molar-refractivity contribution in [2.45, 2.75) is 53.4 Å². The number of aliphatic hydroxyl groups is 12. The molecule has 0 spiro atoms. The quantitative estimate of drug-likeness (QED) is 0.108. The number of fused-ring (bicyclic) bond motifs is 1. The van der Waals surface area contributed by atoms with E-state index in [1.807, 2.05) is 0 Å². The first kappa shape index (κ1) is 31.7. The molecule has 1 aliphatic carbocycles. The van der Waals surface area contributed by atoms with E-state index >= 15 is 0 Å². The maximum atomic E-state index is 13.3. The molecule has 18 heteroatoms. The predicted octanol–water partition coefficient (Wildman–Crippen LogP) is -5.54. The molecule has 232 valence electrons. The molecule has 1 saturated heterocycles. The summed E-state index contributed by atoms with van der Waals surface area (Å²) in [6, 6.07) is 5.28. The van der Waals surface area contributed by atoms with E-state index in [-0.39, 0.29) is 0 Å². The van der Waals surface area contributed by atoms with Crippen LogP contribution < -0.4 is 9.47 Å². The van der Waals surface area contributed by atoms with Crippen LogP contribution in [0.25, 0.3) is 0 Å². The molecule has 1 aliphatic heterocycles. The molecular formula is C24H29NO17. The van der Waals surface area contributed by atoms with Crippen molar-refractivity contribution in [2.75, 3.05) is 14.2 Å². The van der Waals surface area contributed by atoms with Gasteiger partial charge in [-0.05, 0) is 0 Å². The van der Waals surface area contributed by atoms with Gasteiger partial charge < -0.3 is 81.0 Å². The Bertz CT molecular complexity index is 1390. The zero-order valence-corrected chi connectivity index (χ0v) is 21.7. The van der Waals surface area contributed by atoms with Gasteiger partial charge in [-0.25, -0.2) is 0 Å². The van der Waals surface area contributed by atoms with E-state index in [1.54, 1.807) is 0 Å². The number of phenolic OH excluding ortho intramolecular Hbond substituents is 2. The van der Waals surface area contributed by atoms with Crippen molar-refractivity contribution in [3.8, 4) is 23.0 Å². The number of benzene rings is 2. The fourth-order valence-corrected chi connectivity index (χ4v) is 5.49. The second kappa shape index (κ2) is 9.14. The number of methoxy groups -OCH3 is 2. The van der Waals surface area contributed by atoms with E-state index in [0.717, 1.165) is 38.5 Å². The maximum Gasteiger partial charge on any atom is 0.294 e. The third-order valence-corrected chi connectivity index (χ3v) is 7.72. The Morgan fingerprint density at radius 3 is 1.69 bits per heavy atom. The Hall–Kier alpha value is -3.21. The SMILES string of the molecule is COc1c(O)c2c(c(O)c1OC)C(=O)C(O)(CC1(O)C(O)(O)C(O)(O)N(C(O)(O)c3ccccc3)C(O)(O)C1(O)O)C2. The number of Topliss-reactive ketones (excluding diaryl/α,β-unsaturated/α-hetero) is 1. The second-order valence-electron chi connectivity index (χ2n) is 10.1. The third-order valence-electron chi connectivity index (χ3n) is 7.72. The Morgan fingerprint density at radius 2 is 1.24 bits per heavy atom. The summed E-state index contributed by atoms with van der Waals surface area (Å²) in [6.45, 7) is 0. The van der Waals surface area contributed by atoms with Crippen LogP contribution in [0, 0.1) is 0 Å². The highest BCUT2D eigenvalue weighted by Crippen LogP contribution is 2.58. The number of carbonyl (C=O) groups is 1. The average molecular weight is 603 g/mol. The van der Waals surface area contributed by atoms with Crippen LogP contribution in [0.2, 0.25) is 0 Å². The van der Waals surface area contributed by atoms with Crippen molar-refractivity contribution in [3.63, 3.8) is 0 Å². The van der Waals surface area contributed by atoms with Crippen molar-refractivity contribution in [1.29, 1.82) is 0 Å². The van der Waals surface area contributed by atoms with Gasteiger partial charge in [-0.3, -0.25) is 4.79 Å². The zero-order valence-electron chi connectivity index (χ0n) is 21.7. The minimum atomic E-state index is -4.92. The van der Waals surface area contributed by atoms with Crippen LogP contribution in [0.1, 0.15) is 27.9 Å². The number of ether oxygens (including phenoxy) is 2. The van der Waals surface area contributed by atoms with Gasteiger partial charge >= 0.3 is 0 Å². The Morgan fingerprint density at radius 1 is 0.786 bits per heavy atom. The lowest BCUT2D eigenvalue weighted by atomic mass is 9.68. The Labute approximate surface area is 234 Å². The summed E-state index contributed by atoms with van der Waals surface area (Å²) in [6.07, 6.45) is -3.29. The van der Waals surface area contributed by atoms with Crippen LogP contribution in [0.4, 0.5) is 0 Å². The van der Waals surface area contributed by atoms with Crippen molar-refractivity contribution in [2.24, 2.45) is 0 Å². The summed E-state index contributed by atoms with van der Waals surface area (Å²) in [7, 11) is 2.04. The molecule has 14 N–H and O–H groups in total. The smallest absolute Gasteiger partial charge is 0.294 e. The van der Waals surface area contributed by atoms with Gasteiger partial charge in [-0.1, -0.05) is 30.3 Å². The number of hydrogen-bond acceptors (Lipinski definition) is 18. The topological polar surface area (TPSA) is 322 Å². The number of ketones is 1.